The highest BCUT2D eigenvalue weighted by atomic mass is 16.4. The maximum absolute atomic E-state index is 13.8. The zero-order valence-electron chi connectivity index (χ0n) is 26.5. The first-order valence-electron chi connectivity index (χ1n) is 15.5. The van der Waals surface area contributed by atoms with E-state index in [2.05, 4.69) is 30.9 Å². The fraction of sp³-hybridized carbons (Fsp3) is 0.364. The minimum Gasteiger partial charge on any atom is -0.480 e. The first-order chi connectivity index (χ1) is 22.4. The molecule has 2 aromatic carbocycles. The third-order valence-corrected chi connectivity index (χ3v) is 7.99. The summed E-state index contributed by atoms with van der Waals surface area (Å²) in [7, 11) is 0. The van der Waals surface area contributed by atoms with E-state index in [4.69, 9.17) is 17.2 Å². The molecule has 14 nitrogen and oxygen atoms in total. The molecular weight excluding hydrogens is 602 g/mol. The first kappa shape index (κ1) is 34.5. The SMILES string of the molecule is CC(C)C(NC(=O)C(Cc1c[nH]c2ccccc12)NC(=O)C(CCCN=C(N)N)NC(=O)C(N)Cc1c[nH]c2ccccc12)C(=O)O. The molecule has 0 radical (unpaired) electrons. The quantitative estimate of drug-likeness (QED) is 0.0482. The van der Waals surface area contributed by atoms with Crippen LogP contribution in [0.25, 0.3) is 21.8 Å². The Morgan fingerprint density at radius 3 is 1.87 bits per heavy atom. The van der Waals surface area contributed by atoms with E-state index in [0.717, 1.165) is 32.9 Å². The number of rotatable bonds is 16. The number of aliphatic carboxylic acids is 1. The number of hydrogen-bond acceptors (Lipinski definition) is 6. The van der Waals surface area contributed by atoms with Gasteiger partial charge in [0.2, 0.25) is 17.7 Å². The first-order valence-corrected chi connectivity index (χ1v) is 15.5. The van der Waals surface area contributed by atoms with E-state index in [1.54, 1.807) is 26.2 Å². The number of aromatic amines is 2. The van der Waals surface area contributed by atoms with Gasteiger partial charge in [0.15, 0.2) is 5.96 Å². The van der Waals surface area contributed by atoms with Gasteiger partial charge in [-0.05, 0) is 48.4 Å². The minimum atomic E-state index is -1.19. The number of carboxylic acid groups (broad SMARTS) is 1. The monoisotopic (exact) mass is 645 g/mol. The van der Waals surface area contributed by atoms with Crippen LogP contribution in [-0.4, -0.2) is 75.4 Å². The summed E-state index contributed by atoms with van der Waals surface area (Å²) in [6, 6.07) is 10.7. The third-order valence-electron chi connectivity index (χ3n) is 7.99. The number of amides is 3. The van der Waals surface area contributed by atoms with Gasteiger partial charge in [0.25, 0.3) is 0 Å². The van der Waals surface area contributed by atoms with Crippen LogP contribution >= 0.6 is 0 Å². The molecule has 4 atom stereocenters. The van der Waals surface area contributed by atoms with Crippen molar-refractivity contribution in [1.82, 2.24) is 25.9 Å². The summed E-state index contributed by atoms with van der Waals surface area (Å²) < 4.78 is 0. The number of H-pyrrole nitrogens is 2. The van der Waals surface area contributed by atoms with E-state index in [0.29, 0.717) is 6.42 Å². The van der Waals surface area contributed by atoms with Gasteiger partial charge in [0.1, 0.15) is 18.1 Å². The number of nitrogens with two attached hydrogens (primary N) is 3. The highest BCUT2D eigenvalue weighted by Crippen LogP contribution is 2.21. The molecule has 4 aromatic rings. The Hall–Kier alpha value is -5.37. The number of aliphatic imine (C=N–C) groups is 1. The molecule has 12 N–H and O–H groups in total. The van der Waals surface area contributed by atoms with E-state index < -0.39 is 53.8 Å². The van der Waals surface area contributed by atoms with Crippen LogP contribution in [0.3, 0.4) is 0 Å². The van der Waals surface area contributed by atoms with Crippen LogP contribution in [0.15, 0.2) is 65.9 Å². The Labute approximate surface area is 271 Å². The van der Waals surface area contributed by atoms with Crippen molar-refractivity contribution in [3.8, 4) is 0 Å². The van der Waals surface area contributed by atoms with Gasteiger partial charge in [-0.2, -0.15) is 0 Å². The number of hydrogen-bond donors (Lipinski definition) is 9. The number of benzene rings is 2. The lowest BCUT2D eigenvalue weighted by Gasteiger charge is -2.26. The number of nitrogens with one attached hydrogen (secondary N) is 5. The number of fused-ring (bicyclic) bond motifs is 2. The Kier molecular flexibility index (Phi) is 11.6. The molecule has 2 aromatic heterocycles. The molecule has 0 saturated carbocycles. The van der Waals surface area contributed by atoms with E-state index in [-0.39, 0.29) is 31.8 Å². The Morgan fingerprint density at radius 1 is 0.787 bits per heavy atom. The van der Waals surface area contributed by atoms with Gasteiger partial charge in [0.05, 0.1) is 6.04 Å². The van der Waals surface area contributed by atoms with Crippen molar-refractivity contribution in [1.29, 1.82) is 0 Å². The van der Waals surface area contributed by atoms with Crippen molar-refractivity contribution in [3.05, 3.63) is 72.1 Å². The van der Waals surface area contributed by atoms with Crippen molar-refractivity contribution < 1.29 is 24.3 Å². The molecule has 250 valence electrons. The second kappa shape index (κ2) is 15.8. The average molecular weight is 646 g/mol. The predicted molar refractivity (Wildman–Crippen MR) is 180 cm³/mol. The van der Waals surface area contributed by atoms with Gasteiger partial charge < -0.3 is 48.2 Å². The lowest BCUT2D eigenvalue weighted by Crippen LogP contribution is -2.58. The molecule has 0 bridgehead atoms. The van der Waals surface area contributed by atoms with Gasteiger partial charge in [-0.15, -0.1) is 0 Å². The molecule has 2 heterocycles. The topological polar surface area (TPSA) is 247 Å². The van der Waals surface area contributed by atoms with Crippen molar-refractivity contribution >= 4 is 51.5 Å². The summed E-state index contributed by atoms with van der Waals surface area (Å²) in [5.41, 5.74) is 20.6. The van der Waals surface area contributed by atoms with Crippen LogP contribution < -0.4 is 33.2 Å². The van der Waals surface area contributed by atoms with Crippen LogP contribution in [0.1, 0.15) is 37.8 Å². The van der Waals surface area contributed by atoms with Crippen LogP contribution in [0.4, 0.5) is 0 Å². The highest BCUT2D eigenvalue weighted by Gasteiger charge is 2.32. The molecular formula is C33H43N9O5. The Morgan fingerprint density at radius 2 is 1.32 bits per heavy atom. The van der Waals surface area contributed by atoms with Gasteiger partial charge >= 0.3 is 5.97 Å². The van der Waals surface area contributed by atoms with Crippen LogP contribution in [0, 0.1) is 5.92 Å². The van der Waals surface area contributed by atoms with Crippen molar-refractivity contribution in [2.24, 2.45) is 28.1 Å². The summed E-state index contributed by atoms with van der Waals surface area (Å²) in [5, 5.41) is 19.6. The summed E-state index contributed by atoms with van der Waals surface area (Å²) in [6.45, 7) is 3.55. The number of carbonyl (C=O) groups excluding carboxylic acids is 3. The standard InChI is InChI=1S/C33H43N9O5/c1-18(2)28(32(46)47)42-31(45)27(15-20-17-39-25-11-6-4-9-22(20)25)41-30(44)26(12-7-13-37-33(35)36)40-29(43)23(34)14-19-16-38-24-10-5-3-8-21(19)24/h3-6,8-11,16-18,23,26-28,38-39H,7,12-15,34H2,1-2H3,(H,40,43)(H,41,44)(H,42,45)(H,46,47)(H4,35,36,37). The summed E-state index contributed by atoms with van der Waals surface area (Å²) in [5.74, 6) is -3.59. The van der Waals surface area contributed by atoms with Gasteiger partial charge in [-0.1, -0.05) is 50.2 Å². The van der Waals surface area contributed by atoms with Crippen LogP contribution in [0.2, 0.25) is 0 Å². The van der Waals surface area contributed by atoms with E-state index in [9.17, 15) is 24.3 Å². The molecule has 0 aliphatic rings. The normalized spacial score (nSPS) is 13.9. The second-order valence-electron chi connectivity index (χ2n) is 11.9. The van der Waals surface area contributed by atoms with Crippen LogP contribution in [-0.2, 0) is 32.0 Å². The number of aromatic nitrogens is 2. The lowest BCUT2D eigenvalue weighted by molar-refractivity contribution is -0.143. The second-order valence-corrected chi connectivity index (χ2v) is 11.9. The molecule has 4 unspecified atom stereocenters. The molecule has 14 heteroatoms. The zero-order valence-corrected chi connectivity index (χ0v) is 26.5. The largest absolute Gasteiger partial charge is 0.480 e. The number of carboxylic acids is 1. The summed E-state index contributed by atoms with van der Waals surface area (Å²) in [6.07, 6.45) is 4.29. The fourth-order valence-corrected chi connectivity index (χ4v) is 5.45. The van der Waals surface area contributed by atoms with Crippen molar-refractivity contribution in [2.45, 2.75) is 63.7 Å². The van der Waals surface area contributed by atoms with Gasteiger partial charge in [0, 0.05) is 47.2 Å². The Bertz CT molecular complexity index is 1740. The molecule has 47 heavy (non-hydrogen) atoms. The lowest BCUT2D eigenvalue weighted by atomic mass is 10.0. The van der Waals surface area contributed by atoms with E-state index >= 15 is 0 Å². The third kappa shape index (κ3) is 9.10. The fourth-order valence-electron chi connectivity index (χ4n) is 5.45. The van der Waals surface area contributed by atoms with Gasteiger partial charge in [-0.25, -0.2) is 4.79 Å². The number of nitrogens with zero attached hydrogens (tertiary/aromatic N) is 1. The smallest absolute Gasteiger partial charge is 0.326 e. The maximum Gasteiger partial charge on any atom is 0.326 e. The molecule has 0 aliphatic heterocycles. The predicted octanol–water partition coefficient (Wildman–Crippen LogP) is 1.01. The number of guanidine groups is 1. The highest BCUT2D eigenvalue weighted by molar-refractivity contribution is 5.95. The van der Waals surface area contributed by atoms with Crippen LogP contribution in [0.5, 0.6) is 0 Å². The molecule has 4 rings (SSSR count). The molecule has 0 fully saturated rings. The average Bonchev–Trinajstić information content (AvgIpc) is 3.64. The molecule has 0 aliphatic carbocycles. The molecule has 3 amide bonds. The van der Waals surface area contributed by atoms with E-state index in [1.807, 2.05) is 48.5 Å². The Balaban J connectivity index is 1.55. The van der Waals surface area contributed by atoms with Crippen molar-refractivity contribution in [2.75, 3.05) is 6.54 Å². The molecule has 0 saturated heterocycles. The number of carbonyl (C=O) groups is 4. The van der Waals surface area contributed by atoms with E-state index in [1.165, 1.54) is 0 Å². The number of para-hydroxylation sites is 2. The maximum atomic E-state index is 13.8. The molecule has 0 spiro atoms. The summed E-state index contributed by atoms with van der Waals surface area (Å²) >= 11 is 0. The summed E-state index contributed by atoms with van der Waals surface area (Å²) in [4.78, 5) is 62.9. The van der Waals surface area contributed by atoms with Crippen molar-refractivity contribution in [3.63, 3.8) is 0 Å². The minimum absolute atomic E-state index is 0.0563. The zero-order chi connectivity index (χ0) is 34.1. The van der Waals surface area contributed by atoms with Gasteiger partial charge in [-0.3, -0.25) is 19.4 Å².